The van der Waals surface area contributed by atoms with Gasteiger partial charge in [0.15, 0.2) is 5.96 Å². The fourth-order valence-corrected chi connectivity index (χ4v) is 3.57. The van der Waals surface area contributed by atoms with Gasteiger partial charge in [0.2, 0.25) is 0 Å². The summed E-state index contributed by atoms with van der Waals surface area (Å²) in [4.78, 5) is 7.27. The zero-order chi connectivity index (χ0) is 17.8. The van der Waals surface area contributed by atoms with Crippen molar-refractivity contribution in [3.05, 3.63) is 0 Å². The normalized spacial score (nSPS) is 30.8. The second-order valence-electron chi connectivity index (χ2n) is 7.77. The fraction of sp³-hybridized carbons (Fsp3) is 0.944. The van der Waals surface area contributed by atoms with E-state index in [1.807, 2.05) is 0 Å². The second-order valence-corrected chi connectivity index (χ2v) is 7.77. The summed E-state index contributed by atoms with van der Waals surface area (Å²) in [6.45, 7) is 16.4. The third-order valence-electron chi connectivity index (χ3n) is 6.12. The van der Waals surface area contributed by atoms with Gasteiger partial charge in [0.05, 0.1) is 25.4 Å². The topological polar surface area (TPSA) is 58.1 Å². The molecule has 6 nitrogen and oxygen atoms in total. The third kappa shape index (κ3) is 5.20. The van der Waals surface area contributed by atoms with Crippen molar-refractivity contribution in [1.29, 1.82) is 0 Å². The molecule has 1 aliphatic heterocycles. The number of ether oxygens (including phenoxy) is 2. The van der Waals surface area contributed by atoms with Crippen molar-refractivity contribution in [3.8, 4) is 0 Å². The molecule has 7 heteroatoms. The summed E-state index contributed by atoms with van der Waals surface area (Å²) in [6, 6.07) is 0.807. The average molecular weight is 468 g/mol. The summed E-state index contributed by atoms with van der Waals surface area (Å²) in [5.74, 6) is 0.911. The van der Waals surface area contributed by atoms with Crippen LogP contribution in [0, 0.1) is 5.41 Å². The molecule has 0 amide bonds. The molecule has 1 heterocycles. The molecule has 148 valence electrons. The van der Waals surface area contributed by atoms with Crippen molar-refractivity contribution in [2.75, 3.05) is 46.5 Å². The predicted molar refractivity (Wildman–Crippen MR) is 114 cm³/mol. The van der Waals surface area contributed by atoms with Crippen LogP contribution in [0.4, 0.5) is 0 Å². The molecular formula is C18H37IN4O2. The Morgan fingerprint density at radius 1 is 1.32 bits per heavy atom. The maximum atomic E-state index is 5.72. The van der Waals surface area contributed by atoms with E-state index in [0.717, 1.165) is 51.8 Å². The van der Waals surface area contributed by atoms with Gasteiger partial charge in [-0.15, -0.1) is 24.0 Å². The summed E-state index contributed by atoms with van der Waals surface area (Å²) >= 11 is 0. The van der Waals surface area contributed by atoms with Crippen molar-refractivity contribution in [2.45, 2.75) is 58.7 Å². The van der Waals surface area contributed by atoms with Gasteiger partial charge in [-0.2, -0.15) is 0 Å². The standard InChI is InChI=1S/C18H36N4O2.HI/c1-7-19-16(20-13-14(2)22-8-10-24-11-9-22)21-15-12-18(5,23-6)17(15,3)4;/h14-15H,7-13H2,1-6H3,(H2,19,20,21);1H. The van der Waals surface area contributed by atoms with E-state index in [1.54, 1.807) is 7.11 Å². The molecule has 1 saturated carbocycles. The Labute approximate surface area is 170 Å². The van der Waals surface area contributed by atoms with Gasteiger partial charge in [0, 0.05) is 44.2 Å². The minimum absolute atomic E-state index is 0. The van der Waals surface area contributed by atoms with Crippen molar-refractivity contribution >= 4 is 29.9 Å². The highest BCUT2D eigenvalue weighted by Gasteiger charge is 2.58. The quantitative estimate of drug-likeness (QED) is 0.355. The largest absolute Gasteiger partial charge is 0.379 e. The summed E-state index contributed by atoms with van der Waals surface area (Å²) in [6.07, 6.45) is 1.000. The van der Waals surface area contributed by atoms with Crippen LogP contribution in [0.15, 0.2) is 4.99 Å². The number of morpholine rings is 1. The van der Waals surface area contributed by atoms with Crippen LogP contribution in [0.25, 0.3) is 0 Å². The Kier molecular flexibility index (Phi) is 8.90. The molecule has 25 heavy (non-hydrogen) atoms. The van der Waals surface area contributed by atoms with Crippen molar-refractivity contribution in [1.82, 2.24) is 15.5 Å². The highest BCUT2D eigenvalue weighted by atomic mass is 127. The van der Waals surface area contributed by atoms with Gasteiger partial charge in [0.1, 0.15) is 0 Å². The van der Waals surface area contributed by atoms with Crippen LogP contribution in [0.2, 0.25) is 0 Å². The molecule has 3 atom stereocenters. The molecule has 1 saturated heterocycles. The minimum Gasteiger partial charge on any atom is -0.379 e. The molecule has 2 aliphatic rings. The highest BCUT2D eigenvalue weighted by Crippen LogP contribution is 2.51. The first-order valence-corrected chi connectivity index (χ1v) is 9.26. The summed E-state index contributed by atoms with van der Waals surface area (Å²) in [5, 5.41) is 6.99. The van der Waals surface area contributed by atoms with E-state index in [0.29, 0.717) is 12.1 Å². The molecule has 2 N–H and O–H groups in total. The summed E-state index contributed by atoms with van der Waals surface area (Å²) in [7, 11) is 1.81. The zero-order valence-corrected chi connectivity index (χ0v) is 19.1. The van der Waals surface area contributed by atoms with Crippen molar-refractivity contribution in [3.63, 3.8) is 0 Å². The monoisotopic (exact) mass is 468 g/mol. The Morgan fingerprint density at radius 2 is 1.96 bits per heavy atom. The van der Waals surface area contributed by atoms with E-state index in [4.69, 9.17) is 14.5 Å². The number of hydrogen-bond donors (Lipinski definition) is 2. The molecule has 0 aromatic rings. The van der Waals surface area contributed by atoms with Crippen LogP contribution in [0.5, 0.6) is 0 Å². The van der Waals surface area contributed by atoms with Crippen LogP contribution in [0.3, 0.4) is 0 Å². The lowest BCUT2D eigenvalue weighted by atomic mass is 9.56. The van der Waals surface area contributed by atoms with Crippen LogP contribution < -0.4 is 10.6 Å². The Morgan fingerprint density at radius 3 is 2.48 bits per heavy atom. The Hall–Kier alpha value is -0.120. The minimum atomic E-state index is -0.0664. The van der Waals surface area contributed by atoms with Crippen LogP contribution >= 0.6 is 24.0 Å². The first-order chi connectivity index (χ1) is 11.3. The molecular weight excluding hydrogens is 431 g/mol. The number of nitrogens with zero attached hydrogens (tertiary/aromatic N) is 2. The molecule has 3 unspecified atom stereocenters. The van der Waals surface area contributed by atoms with Gasteiger partial charge >= 0.3 is 0 Å². The number of aliphatic imine (C=N–C) groups is 1. The van der Waals surface area contributed by atoms with E-state index >= 15 is 0 Å². The van der Waals surface area contributed by atoms with Crippen LogP contribution in [-0.4, -0.2) is 75.0 Å². The van der Waals surface area contributed by atoms with E-state index < -0.39 is 0 Å². The molecule has 0 aromatic heterocycles. The summed E-state index contributed by atoms with van der Waals surface area (Å²) in [5.41, 5.74) is 0.0108. The van der Waals surface area contributed by atoms with Gasteiger partial charge < -0.3 is 20.1 Å². The van der Waals surface area contributed by atoms with E-state index in [2.05, 4.69) is 50.2 Å². The molecule has 0 bridgehead atoms. The number of methoxy groups -OCH3 is 1. The van der Waals surface area contributed by atoms with Crippen molar-refractivity contribution in [2.24, 2.45) is 10.4 Å². The predicted octanol–water partition coefficient (Wildman–Crippen LogP) is 2.08. The lowest BCUT2D eigenvalue weighted by Crippen LogP contribution is -2.69. The molecule has 0 spiro atoms. The lowest BCUT2D eigenvalue weighted by Gasteiger charge is -2.59. The molecule has 0 aromatic carbocycles. The van der Waals surface area contributed by atoms with Crippen LogP contribution in [0.1, 0.15) is 41.0 Å². The Balaban J connectivity index is 0.00000312. The maximum Gasteiger partial charge on any atom is 0.191 e. The highest BCUT2D eigenvalue weighted by molar-refractivity contribution is 14.0. The second kappa shape index (κ2) is 9.71. The SMILES string of the molecule is CCNC(=NCC(C)N1CCOCC1)NC1CC(C)(OC)C1(C)C.I. The smallest absolute Gasteiger partial charge is 0.191 e. The summed E-state index contributed by atoms with van der Waals surface area (Å²) < 4.78 is 11.1. The van der Waals surface area contributed by atoms with E-state index in [1.165, 1.54) is 0 Å². The maximum absolute atomic E-state index is 5.72. The molecule has 2 rings (SSSR count). The first kappa shape index (κ1) is 22.9. The van der Waals surface area contributed by atoms with Gasteiger partial charge in [0.25, 0.3) is 0 Å². The first-order valence-electron chi connectivity index (χ1n) is 9.26. The Bertz CT molecular complexity index is 441. The number of nitrogens with one attached hydrogen (secondary N) is 2. The fourth-order valence-electron chi connectivity index (χ4n) is 3.57. The van der Waals surface area contributed by atoms with Crippen molar-refractivity contribution < 1.29 is 9.47 Å². The number of guanidine groups is 1. The zero-order valence-electron chi connectivity index (χ0n) is 16.7. The van der Waals surface area contributed by atoms with Gasteiger partial charge in [-0.05, 0) is 27.2 Å². The third-order valence-corrected chi connectivity index (χ3v) is 6.12. The number of hydrogen-bond acceptors (Lipinski definition) is 4. The number of halogens is 1. The molecule has 0 radical (unpaired) electrons. The van der Waals surface area contributed by atoms with Crippen LogP contribution in [-0.2, 0) is 9.47 Å². The van der Waals surface area contributed by atoms with Gasteiger partial charge in [-0.3, -0.25) is 9.89 Å². The van der Waals surface area contributed by atoms with E-state index in [9.17, 15) is 0 Å². The average Bonchev–Trinajstić information content (AvgIpc) is 2.59. The van der Waals surface area contributed by atoms with Gasteiger partial charge in [-0.25, -0.2) is 0 Å². The molecule has 2 fully saturated rings. The lowest BCUT2D eigenvalue weighted by molar-refractivity contribution is -0.176. The number of rotatable bonds is 6. The molecule has 1 aliphatic carbocycles. The van der Waals surface area contributed by atoms with Gasteiger partial charge in [-0.1, -0.05) is 13.8 Å². The van der Waals surface area contributed by atoms with E-state index in [-0.39, 0.29) is 35.0 Å².